The van der Waals surface area contributed by atoms with Gasteiger partial charge in [-0.15, -0.1) is 11.3 Å². The van der Waals surface area contributed by atoms with Crippen LogP contribution in [-0.4, -0.2) is 0 Å². The number of thiophene rings is 1. The number of fused-ring (bicyclic) bond motifs is 12. The van der Waals surface area contributed by atoms with Crippen molar-refractivity contribution < 1.29 is 13.3 Å². The Morgan fingerprint density at radius 3 is 1.48 bits per heavy atom. The molecule has 0 bridgehead atoms. The van der Waals surface area contributed by atoms with Gasteiger partial charge in [-0.25, -0.2) is 0 Å². The molecule has 232 valence electrons. The van der Waals surface area contributed by atoms with E-state index in [9.17, 15) is 0 Å². The van der Waals surface area contributed by atoms with E-state index in [0.29, 0.717) is 0 Å². The van der Waals surface area contributed by atoms with Crippen molar-refractivity contribution in [2.75, 3.05) is 0 Å². The molecule has 3 nitrogen and oxygen atoms in total. The lowest BCUT2D eigenvalue weighted by atomic mass is 9.83. The molecule has 12 aromatic rings. The third kappa shape index (κ3) is 3.43. The summed E-state index contributed by atoms with van der Waals surface area (Å²) >= 11 is 1.82. The zero-order valence-electron chi connectivity index (χ0n) is 26.5. The van der Waals surface area contributed by atoms with Gasteiger partial charge in [-0.2, -0.15) is 0 Å². The van der Waals surface area contributed by atoms with Crippen molar-refractivity contribution >= 4 is 108 Å². The average molecular weight is 657 g/mol. The summed E-state index contributed by atoms with van der Waals surface area (Å²) in [4.78, 5) is 0. The summed E-state index contributed by atoms with van der Waals surface area (Å²) in [5.41, 5.74) is 8.85. The van der Waals surface area contributed by atoms with Crippen molar-refractivity contribution in [3.63, 3.8) is 0 Å². The van der Waals surface area contributed by atoms with Gasteiger partial charge < -0.3 is 13.3 Å². The van der Waals surface area contributed by atoms with Gasteiger partial charge >= 0.3 is 0 Å². The monoisotopic (exact) mass is 656 g/mol. The number of para-hydroxylation sites is 2. The van der Waals surface area contributed by atoms with Crippen LogP contribution in [0.15, 0.2) is 159 Å². The lowest BCUT2D eigenvalue weighted by Gasteiger charge is -2.18. The number of hydrogen-bond donors (Lipinski definition) is 0. The molecule has 0 saturated carbocycles. The van der Waals surface area contributed by atoms with E-state index in [1.54, 1.807) is 0 Å². The molecule has 8 aromatic carbocycles. The maximum Gasteiger partial charge on any atom is 0.139 e. The molecule has 0 N–H and O–H groups in total. The van der Waals surface area contributed by atoms with Gasteiger partial charge in [-0.3, -0.25) is 0 Å². The Morgan fingerprint density at radius 1 is 0.340 bits per heavy atom. The lowest BCUT2D eigenvalue weighted by Crippen LogP contribution is -1.91. The van der Waals surface area contributed by atoms with Crippen molar-refractivity contribution in [3.05, 3.63) is 146 Å². The summed E-state index contributed by atoms with van der Waals surface area (Å²) in [7, 11) is 0. The SMILES string of the molecule is c1ccc2c(c1)oc1cc3oc4ccccc4c3c(-c3c4ccccc4c(-c4coc5cc6sc7ccccc7c6cc45)c4ccccc34)c12. The largest absolute Gasteiger partial charge is 0.464 e. The highest BCUT2D eigenvalue weighted by molar-refractivity contribution is 7.25. The fourth-order valence-corrected chi connectivity index (χ4v) is 9.59. The molecule has 0 aliphatic heterocycles. The lowest BCUT2D eigenvalue weighted by molar-refractivity contribution is 0.617. The van der Waals surface area contributed by atoms with Crippen LogP contribution >= 0.6 is 11.3 Å². The summed E-state index contributed by atoms with van der Waals surface area (Å²) in [6.07, 6.45) is 1.95. The Hall–Kier alpha value is -6.36. The molecule has 50 heavy (non-hydrogen) atoms. The van der Waals surface area contributed by atoms with Crippen LogP contribution in [0.5, 0.6) is 0 Å². The van der Waals surface area contributed by atoms with Gasteiger partial charge in [0.25, 0.3) is 0 Å². The molecule has 0 amide bonds. The van der Waals surface area contributed by atoms with Crippen LogP contribution in [0, 0.1) is 0 Å². The number of rotatable bonds is 2. The summed E-state index contributed by atoms with van der Waals surface area (Å²) in [6, 6.07) is 49.6. The minimum atomic E-state index is 0.817. The van der Waals surface area contributed by atoms with Gasteiger partial charge in [-0.1, -0.05) is 103 Å². The zero-order chi connectivity index (χ0) is 32.5. The smallest absolute Gasteiger partial charge is 0.139 e. The Kier molecular flexibility index (Phi) is 5.12. The Bertz CT molecular complexity index is 3240. The van der Waals surface area contributed by atoms with E-state index in [2.05, 4.69) is 127 Å². The molecule has 0 spiro atoms. The molecule has 12 rings (SSSR count). The maximum absolute atomic E-state index is 6.56. The predicted molar refractivity (Wildman–Crippen MR) is 210 cm³/mol. The molecule has 4 aromatic heterocycles. The number of furan rings is 3. The van der Waals surface area contributed by atoms with Crippen LogP contribution in [-0.2, 0) is 0 Å². The summed E-state index contributed by atoms with van der Waals surface area (Å²) < 4.78 is 22.0. The van der Waals surface area contributed by atoms with Crippen LogP contribution in [0.4, 0.5) is 0 Å². The van der Waals surface area contributed by atoms with Crippen molar-refractivity contribution in [1.29, 1.82) is 0 Å². The minimum absolute atomic E-state index is 0.817. The molecule has 4 heteroatoms. The van der Waals surface area contributed by atoms with Crippen molar-refractivity contribution in [2.24, 2.45) is 0 Å². The maximum atomic E-state index is 6.56. The Morgan fingerprint density at radius 2 is 0.860 bits per heavy atom. The van der Waals surface area contributed by atoms with Gasteiger partial charge in [0.15, 0.2) is 0 Å². The van der Waals surface area contributed by atoms with E-state index in [-0.39, 0.29) is 0 Å². The number of benzene rings is 8. The predicted octanol–water partition coefficient (Wildman–Crippen LogP) is 14.2. The Labute approximate surface area is 288 Å². The molecular formula is C46H24O3S. The van der Waals surface area contributed by atoms with E-state index >= 15 is 0 Å². The normalized spacial score (nSPS) is 12.4. The van der Waals surface area contributed by atoms with E-state index in [1.165, 1.54) is 52.8 Å². The molecule has 0 fully saturated rings. The molecule has 0 aliphatic carbocycles. The first-order chi connectivity index (χ1) is 24.8. The first-order valence-electron chi connectivity index (χ1n) is 16.8. The van der Waals surface area contributed by atoms with Gasteiger partial charge in [0.05, 0.1) is 6.26 Å². The highest BCUT2D eigenvalue weighted by Gasteiger charge is 2.26. The average Bonchev–Trinajstić information content (AvgIpc) is 3.93. The van der Waals surface area contributed by atoms with E-state index in [1.807, 2.05) is 29.7 Å². The molecule has 0 saturated heterocycles. The summed E-state index contributed by atoms with van der Waals surface area (Å²) in [5.74, 6) is 0. The quantitative estimate of drug-likeness (QED) is 0.174. The highest BCUT2D eigenvalue weighted by Crippen LogP contribution is 2.52. The summed E-state index contributed by atoms with van der Waals surface area (Å²) in [5, 5.41) is 12.7. The van der Waals surface area contributed by atoms with Crippen molar-refractivity contribution in [1.82, 2.24) is 0 Å². The highest BCUT2D eigenvalue weighted by atomic mass is 32.1. The second-order valence-corrected chi connectivity index (χ2v) is 14.2. The molecule has 0 radical (unpaired) electrons. The van der Waals surface area contributed by atoms with Gasteiger partial charge in [-0.05, 0) is 57.4 Å². The van der Waals surface area contributed by atoms with E-state index in [0.717, 1.165) is 66.0 Å². The first kappa shape index (κ1) is 26.6. The molecule has 4 heterocycles. The molecule has 0 unspecified atom stereocenters. The van der Waals surface area contributed by atoms with Gasteiger partial charge in [0, 0.05) is 69.9 Å². The van der Waals surface area contributed by atoms with Crippen LogP contribution in [0.2, 0.25) is 0 Å². The molecule has 0 atom stereocenters. The second kappa shape index (κ2) is 9.63. The molecular weight excluding hydrogens is 633 g/mol. The third-order valence-electron chi connectivity index (χ3n) is 10.5. The van der Waals surface area contributed by atoms with Gasteiger partial charge in [0.1, 0.15) is 27.9 Å². The first-order valence-corrected chi connectivity index (χ1v) is 17.6. The van der Waals surface area contributed by atoms with Crippen LogP contribution in [0.1, 0.15) is 0 Å². The number of hydrogen-bond acceptors (Lipinski definition) is 4. The van der Waals surface area contributed by atoms with Crippen LogP contribution < -0.4 is 0 Å². The van der Waals surface area contributed by atoms with E-state index < -0.39 is 0 Å². The second-order valence-electron chi connectivity index (χ2n) is 13.1. The third-order valence-corrected chi connectivity index (χ3v) is 11.7. The van der Waals surface area contributed by atoms with E-state index in [4.69, 9.17) is 13.3 Å². The fraction of sp³-hybridized carbons (Fsp3) is 0. The van der Waals surface area contributed by atoms with Crippen LogP contribution in [0.3, 0.4) is 0 Å². The standard InChI is InChI=1S/C46H24O3S/c1-3-14-28-26(12-1)42(34-24-47-37-23-41-33(21-32(34)37)25-11-7-10-20-40(25)50-41)27-13-2-4-15-29(27)43(28)46-44-30-16-5-8-18-35(30)48-38(44)22-39-45(46)31-17-6-9-19-36(31)49-39/h1-24H. The van der Waals surface area contributed by atoms with Crippen LogP contribution in [0.25, 0.3) is 119 Å². The topological polar surface area (TPSA) is 39.4 Å². The fourth-order valence-electron chi connectivity index (χ4n) is 8.47. The van der Waals surface area contributed by atoms with Crippen molar-refractivity contribution in [2.45, 2.75) is 0 Å². The van der Waals surface area contributed by atoms with Crippen molar-refractivity contribution in [3.8, 4) is 22.3 Å². The minimum Gasteiger partial charge on any atom is -0.464 e. The Balaban J connectivity index is 1.28. The van der Waals surface area contributed by atoms with Gasteiger partial charge in [0.2, 0.25) is 0 Å². The zero-order valence-corrected chi connectivity index (χ0v) is 27.3. The summed E-state index contributed by atoms with van der Waals surface area (Å²) in [6.45, 7) is 0. The molecule has 0 aliphatic rings.